The van der Waals surface area contributed by atoms with Crippen LogP contribution < -0.4 is 5.73 Å². The molecule has 1 fully saturated rings. The molecule has 2 heterocycles. The molecule has 5 heteroatoms. The van der Waals surface area contributed by atoms with Gasteiger partial charge in [0.15, 0.2) is 5.78 Å². The molecule has 0 amide bonds. The van der Waals surface area contributed by atoms with Crippen molar-refractivity contribution in [2.75, 3.05) is 6.61 Å². The number of aromatic nitrogens is 2. The lowest BCUT2D eigenvalue weighted by Gasteiger charge is -2.11. The van der Waals surface area contributed by atoms with E-state index in [2.05, 4.69) is 5.10 Å². The number of ether oxygens (including phenoxy) is 1. The van der Waals surface area contributed by atoms with Crippen molar-refractivity contribution in [1.29, 1.82) is 0 Å². The standard InChI is InChI=1S/C12H19N3O2/c1-15-8-9(7-14-15)12(13)11(16)5-4-10-3-2-6-17-10/h7-8,10,12H,2-6,13H2,1H3. The first kappa shape index (κ1) is 12.3. The number of hydrogen-bond donors (Lipinski definition) is 1. The van der Waals surface area contributed by atoms with Crippen molar-refractivity contribution in [2.45, 2.75) is 37.8 Å². The third kappa shape index (κ3) is 3.14. The average Bonchev–Trinajstić information content (AvgIpc) is 2.95. The third-order valence-corrected chi connectivity index (χ3v) is 3.17. The van der Waals surface area contributed by atoms with Crippen LogP contribution in [0.25, 0.3) is 0 Å². The fourth-order valence-corrected chi connectivity index (χ4v) is 2.12. The van der Waals surface area contributed by atoms with E-state index in [1.807, 2.05) is 7.05 Å². The lowest BCUT2D eigenvalue weighted by molar-refractivity contribution is -0.121. The van der Waals surface area contributed by atoms with Gasteiger partial charge in [0.25, 0.3) is 0 Å². The van der Waals surface area contributed by atoms with Crippen LogP contribution in [0.2, 0.25) is 0 Å². The minimum atomic E-state index is -0.551. The normalized spacial score (nSPS) is 21.6. The molecule has 2 N–H and O–H groups in total. The first-order valence-electron chi connectivity index (χ1n) is 6.05. The maximum Gasteiger partial charge on any atom is 0.154 e. The van der Waals surface area contributed by atoms with Crippen LogP contribution >= 0.6 is 0 Å². The molecule has 1 aliphatic rings. The zero-order chi connectivity index (χ0) is 12.3. The summed E-state index contributed by atoms with van der Waals surface area (Å²) >= 11 is 0. The number of ketones is 1. The number of aryl methyl sites for hydroxylation is 1. The smallest absolute Gasteiger partial charge is 0.154 e. The zero-order valence-corrected chi connectivity index (χ0v) is 10.1. The van der Waals surface area contributed by atoms with Gasteiger partial charge in [0, 0.05) is 31.8 Å². The highest BCUT2D eigenvalue weighted by molar-refractivity contribution is 5.84. The van der Waals surface area contributed by atoms with E-state index >= 15 is 0 Å². The molecule has 2 rings (SSSR count). The quantitative estimate of drug-likeness (QED) is 0.827. The van der Waals surface area contributed by atoms with Crippen molar-refractivity contribution >= 4 is 5.78 Å². The van der Waals surface area contributed by atoms with Crippen LogP contribution in [-0.4, -0.2) is 28.3 Å². The van der Waals surface area contributed by atoms with Gasteiger partial charge in [-0.3, -0.25) is 9.48 Å². The Bertz CT molecular complexity index is 383. The van der Waals surface area contributed by atoms with E-state index in [1.165, 1.54) is 0 Å². The number of Topliss-reactive ketones (excluding diaryl/α,β-unsaturated/α-hetero) is 1. The van der Waals surface area contributed by atoms with E-state index in [9.17, 15) is 4.79 Å². The summed E-state index contributed by atoms with van der Waals surface area (Å²) in [7, 11) is 1.81. The minimum Gasteiger partial charge on any atom is -0.378 e. The Morgan fingerprint density at radius 3 is 3.18 bits per heavy atom. The topological polar surface area (TPSA) is 70.1 Å². The maximum absolute atomic E-state index is 11.9. The first-order valence-corrected chi connectivity index (χ1v) is 6.05. The Kier molecular flexibility index (Phi) is 3.91. The predicted octanol–water partition coefficient (Wildman–Crippen LogP) is 0.948. The van der Waals surface area contributed by atoms with Crippen molar-refractivity contribution < 1.29 is 9.53 Å². The van der Waals surface area contributed by atoms with Gasteiger partial charge in [0.2, 0.25) is 0 Å². The Morgan fingerprint density at radius 2 is 2.59 bits per heavy atom. The molecule has 0 bridgehead atoms. The number of carbonyl (C=O) groups is 1. The highest BCUT2D eigenvalue weighted by Crippen LogP contribution is 2.19. The summed E-state index contributed by atoms with van der Waals surface area (Å²) in [5, 5.41) is 4.02. The summed E-state index contributed by atoms with van der Waals surface area (Å²) in [4.78, 5) is 11.9. The van der Waals surface area contributed by atoms with Gasteiger partial charge in [-0.15, -0.1) is 0 Å². The first-order chi connectivity index (χ1) is 8.16. The molecule has 0 spiro atoms. The van der Waals surface area contributed by atoms with Gasteiger partial charge in [-0.2, -0.15) is 5.10 Å². The van der Waals surface area contributed by atoms with Crippen LogP contribution in [-0.2, 0) is 16.6 Å². The fourth-order valence-electron chi connectivity index (χ4n) is 2.12. The van der Waals surface area contributed by atoms with Gasteiger partial charge in [-0.25, -0.2) is 0 Å². The molecule has 0 aromatic carbocycles. The van der Waals surface area contributed by atoms with E-state index < -0.39 is 6.04 Å². The molecule has 1 aromatic heterocycles. The van der Waals surface area contributed by atoms with E-state index in [1.54, 1.807) is 17.1 Å². The van der Waals surface area contributed by atoms with Crippen molar-refractivity contribution in [3.8, 4) is 0 Å². The number of nitrogens with zero attached hydrogens (tertiary/aromatic N) is 2. The summed E-state index contributed by atoms with van der Waals surface area (Å²) in [6, 6.07) is -0.551. The highest BCUT2D eigenvalue weighted by atomic mass is 16.5. The van der Waals surface area contributed by atoms with E-state index in [4.69, 9.17) is 10.5 Å². The van der Waals surface area contributed by atoms with Gasteiger partial charge in [0.05, 0.1) is 18.3 Å². The highest BCUT2D eigenvalue weighted by Gasteiger charge is 2.21. The van der Waals surface area contributed by atoms with Crippen LogP contribution in [0.1, 0.15) is 37.3 Å². The maximum atomic E-state index is 11.9. The van der Waals surface area contributed by atoms with Gasteiger partial charge in [-0.05, 0) is 19.3 Å². The van der Waals surface area contributed by atoms with Crippen molar-refractivity contribution in [2.24, 2.45) is 12.8 Å². The average molecular weight is 237 g/mol. The van der Waals surface area contributed by atoms with E-state index in [-0.39, 0.29) is 11.9 Å². The van der Waals surface area contributed by atoms with Crippen LogP contribution in [0.15, 0.2) is 12.4 Å². The van der Waals surface area contributed by atoms with Crippen molar-refractivity contribution in [3.63, 3.8) is 0 Å². The molecule has 5 nitrogen and oxygen atoms in total. The van der Waals surface area contributed by atoms with E-state index in [0.717, 1.165) is 31.4 Å². The molecular weight excluding hydrogens is 218 g/mol. The Hall–Kier alpha value is -1.20. The summed E-state index contributed by atoms with van der Waals surface area (Å²) in [5.41, 5.74) is 6.68. The Labute approximate surface area is 101 Å². The SMILES string of the molecule is Cn1cc(C(N)C(=O)CCC2CCCO2)cn1. The monoisotopic (exact) mass is 237 g/mol. The van der Waals surface area contributed by atoms with Gasteiger partial charge < -0.3 is 10.5 Å². The van der Waals surface area contributed by atoms with Crippen molar-refractivity contribution in [3.05, 3.63) is 18.0 Å². The minimum absolute atomic E-state index is 0.0634. The molecule has 0 saturated carbocycles. The molecule has 0 radical (unpaired) electrons. The van der Waals surface area contributed by atoms with E-state index in [0.29, 0.717) is 6.42 Å². The Balaban J connectivity index is 1.82. The number of hydrogen-bond acceptors (Lipinski definition) is 4. The molecule has 1 saturated heterocycles. The number of nitrogens with two attached hydrogens (primary N) is 1. The molecule has 1 aromatic rings. The summed E-state index contributed by atoms with van der Waals surface area (Å²) in [6.45, 7) is 0.827. The summed E-state index contributed by atoms with van der Waals surface area (Å²) < 4.78 is 7.14. The fraction of sp³-hybridized carbons (Fsp3) is 0.667. The Morgan fingerprint density at radius 1 is 1.76 bits per heavy atom. The molecule has 0 aliphatic carbocycles. The molecule has 94 valence electrons. The predicted molar refractivity (Wildman–Crippen MR) is 63.4 cm³/mol. The van der Waals surface area contributed by atoms with Gasteiger partial charge in [-0.1, -0.05) is 0 Å². The van der Waals surface area contributed by atoms with Crippen LogP contribution in [0, 0.1) is 0 Å². The molecule has 1 aliphatic heterocycles. The molecule has 2 atom stereocenters. The molecule has 2 unspecified atom stereocenters. The number of rotatable bonds is 5. The van der Waals surface area contributed by atoms with Gasteiger partial charge >= 0.3 is 0 Å². The third-order valence-electron chi connectivity index (χ3n) is 3.17. The van der Waals surface area contributed by atoms with Crippen LogP contribution in [0.4, 0.5) is 0 Å². The molecular formula is C12H19N3O2. The number of carbonyl (C=O) groups excluding carboxylic acids is 1. The van der Waals surface area contributed by atoms with Crippen molar-refractivity contribution in [1.82, 2.24) is 9.78 Å². The van der Waals surface area contributed by atoms with Gasteiger partial charge in [0.1, 0.15) is 0 Å². The molecule has 17 heavy (non-hydrogen) atoms. The zero-order valence-electron chi connectivity index (χ0n) is 10.1. The van der Waals surface area contributed by atoms with Crippen LogP contribution in [0.3, 0.4) is 0 Å². The largest absolute Gasteiger partial charge is 0.378 e. The second-order valence-electron chi connectivity index (χ2n) is 4.57. The van der Waals surface area contributed by atoms with Crippen LogP contribution in [0.5, 0.6) is 0 Å². The summed E-state index contributed by atoms with van der Waals surface area (Å²) in [5.74, 6) is 0.0634. The second kappa shape index (κ2) is 5.42. The lowest BCUT2D eigenvalue weighted by atomic mass is 10.0. The summed E-state index contributed by atoms with van der Waals surface area (Å²) in [6.07, 6.45) is 7.12. The lowest BCUT2D eigenvalue weighted by Crippen LogP contribution is -2.22. The second-order valence-corrected chi connectivity index (χ2v) is 4.57.